The molecule has 1 aliphatic carbocycles. The van der Waals surface area contributed by atoms with E-state index in [1.165, 1.54) is 78.6 Å². The quantitative estimate of drug-likeness (QED) is 0.170. The summed E-state index contributed by atoms with van der Waals surface area (Å²) in [4.78, 5) is 1.39. The molecule has 1 fully saturated rings. The second-order valence-electron chi connectivity index (χ2n) is 13.7. The summed E-state index contributed by atoms with van der Waals surface area (Å²) in [5.74, 6) is 0.331. The third-order valence-electron chi connectivity index (χ3n) is 10.8. The summed E-state index contributed by atoms with van der Waals surface area (Å²) in [7, 11) is 0. The Morgan fingerprint density at radius 3 is 2.00 bits per heavy atom. The van der Waals surface area contributed by atoms with Crippen LogP contribution in [0.4, 0.5) is 0 Å². The largest absolute Gasteiger partial charge is 0.279 e. The Hall–Kier alpha value is -4.53. The summed E-state index contributed by atoms with van der Waals surface area (Å²) < 4.78 is 5.39. The van der Waals surface area contributed by atoms with Crippen LogP contribution in [0.2, 0.25) is 0 Å². The standard InChI is InChI=1S/C45H33N3S3/c1-2-11-26(12-3-1)43-46-44(35-19-9-17-33-30-14-5-7-22-38(30)50-41(33)35)48-45(47-43)36-20-10-18-34-31-24-23-27(25-39(31)51-42(34)36)28-15-8-16-32-29-13-4-6-21-37(29)49-40(28)32/h1-25,34,42-48H. The Morgan fingerprint density at radius 1 is 0.510 bits per heavy atom. The minimum atomic E-state index is -0.0364. The molecule has 0 radical (unpaired) electrons. The highest BCUT2D eigenvalue weighted by Gasteiger charge is 2.41. The summed E-state index contributed by atoms with van der Waals surface area (Å²) in [5.41, 5.74) is 7.98. The van der Waals surface area contributed by atoms with E-state index in [-0.39, 0.29) is 18.5 Å². The first kappa shape index (κ1) is 30.1. The average Bonchev–Trinajstić information content (AvgIpc) is 3.89. The molecule has 6 heteroatoms. The molecule has 51 heavy (non-hydrogen) atoms. The molecule has 0 spiro atoms. The van der Waals surface area contributed by atoms with Gasteiger partial charge in [-0.25, -0.2) is 0 Å². The van der Waals surface area contributed by atoms with Crippen LogP contribution in [0.25, 0.3) is 51.5 Å². The van der Waals surface area contributed by atoms with Crippen molar-refractivity contribution in [2.45, 2.75) is 34.6 Å². The Balaban J connectivity index is 0.956. The van der Waals surface area contributed by atoms with Crippen LogP contribution in [0, 0.1) is 0 Å². The fourth-order valence-corrected chi connectivity index (χ4v) is 12.4. The van der Waals surface area contributed by atoms with Crippen molar-refractivity contribution in [1.82, 2.24) is 16.0 Å². The van der Waals surface area contributed by atoms with Crippen LogP contribution in [0.1, 0.15) is 34.9 Å². The highest BCUT2D eigenvalue weighted by Crippen LogP contribution is 2.53. The molecule has 4 heterocycles. The van der Waals surface area contributed by atoms with Gasteiger partial charge in [0.15, 0.2) is 0 Å². The fourth-order valence-electron chi connectivity index (χ4n) is 8.40. The van der Waals surface area contributed by atoms with E-state index in [2.05, 4.69) is 168 Å². The lowest BCUT2D eigenvalue weighted by molar-refractivity contribution is 0.220. The van der Waals surface area contributed by atoms with E-state index in [0.29, 0.717) is 11.2 Å². The lowest BCUT2D eigenvalue weighted by Gasteiger charge is -2.42. The Kier molecular flexibility index (Phi) is 7.10. The van der Waals surface area contributed by atoms with Crippen molar-refractivity contribution in [3.63, 3.8) is 0 Å². The van der Waals surface area contributed by atoms with Gasteiger partial charge >= 0.3 is 0 Å². The van der Waals surface area contributed by atoms with Gasteiger partial charge in [-0.2, -0.15) is 0 Å². The summed E-state index contributed by atoms with van der Waals surface area (Å²) >= 11 is 5.83. The number of allylic oxidation sites excluding steroid dienone is 3. The Morgan fingerprint density at radius 2 is 1.18 bits per heavy atom. The minimum Gasteiger partial charge on any atom is -0.279 e. The molecular weight excluding hydrogens is 679 g/mol. The van der Waals surface area contributed by atoms with Crippen LogP contribution in [-0.2, 0) is 0 Å². The molecule has 246 valence electrons. The van der Waals surface area contributed by atoms with Gasteiger partial charge in [-0.15, -0.1) is 34.4 Å². The monoisotopic (exact) mass is 711 g/mol. The number of benzene rings is 6. The number of fused-ring (bicyclic) bond motifs is 9. The van der Waals surface area contributed by atoms with E-state index in [9.17, 15) is 0 Å². The van der Waals surface area contributed by atoms with Gasteiger partial charge in [0, 0.05) is 62.0 Å². The maximum Gasteiger partial charge on any atom is 0.0878 e. The second-order valence-corrected chi connectivity index (χ2v) is 17.0. The first-order valence-electron chi connectivity index (χ1n) is 17.6. The van der Waals surface area contributed by atoms with Crippen LogP contribution in [0.3, 0.4) is 0 Å². The normalized spacial score (nSPS) is 22.8. The molecule has 5 atom stereocenters. The van der Waals surface area contributed by atoms with Crippen LogP contribution in [-0.4, -0.2) is 11.4 Å². The van der Waals surface area contributed by atoms with Gasteiger partial charge in [-0.1, -0.05) is 133 Å². The molecule has 0 saturated carbocycles. The molecule has 8 aromatic rings. The molecule has 2 aliphatic heterocycles. The van der Waals surface area contributed by atoms with Crippen molar-refractivity contribution in [1.29, 1.82) is 0 Å². The first-order chi connectivity index (χ1) is 25.3. The summed E-state index contributed by atoms with van der Waals surface area (Å²) in [5, 5.41) is 17.7. The maximum absolute atomic E-state index is 4.06. The number of thioether (sulfide) groups is 1. The van der Waals surface area contributed by atoms with Crippen molar-refractivity contribution in [3.05, 3.63) is 174 Å². The van der Waals surface area contributed by atoms with E-state index in [1.54, 1.807) is 0 Å². The highest BCUT2D eigenvalue weighted by molar-refractivity contribution is 8.00. The van der Waals surface area contributed by atoms with Gasteiger partial charge in [0.05, 0.1) is 18.5 Å². The number of nitrogens with one attached hydrogen (secondary N) is 3. The molecule has 3 N–H and O–H groups in total. The molecule has 11 rings (SSSR count). The smallest absolute Gasteiger partial charge is 0.0878 e. The lowest BCUT2D eigenvalue weighted by Crippen LogP contribution is -2.60. The zero-order chi connectivity index (χ0) is 33.5. The summed E-state index contributed by atoms with van der Waals surface area (Å²) in [6, 6.07) is 49.1. The average molecular weight is 712 g/mol. The first-order valence-corrected chi connectivity index (χ1v) is 20.1. The van der Waals surface area contributed by atoms with Gasteiger partial charge in [0.2, 0.25) is 0 Å². The third kappa shape index (κ3) is 4.90. The molecule has 5 unspecified atom stereocenters. The van der Waals surface area contributed by atoms with Crippen LogP contribution < -0.4 is 16.0 Å². The van der Waals surface area contributed by atoms with Crippen molar-refractivity contribution in [2.75, 3.05) is 0 Å². The zero-order valence-electron chi connectivity index (χ0n) is 27.5. The number of hydrogen-bond donors (Lipinski definition) is 3. The van der Waals surface area contributed by atoms with E-state index < -0.39 is 0 Å². The Labute approximate surface area is 308 Å². The van der Waals surface area contributed by atoms with Crippen LogP contribution >= 0.6 is 34.4 Å². The van der Waals surface area contributed by atoms with Gasteiger partial charge in [0.25, 0.3) is 0 Å². The number of thiophene rings is 2. The molecule has 2 aromatic heterocycles. The zero-order valence-corrected chi connectivity index (χ0v) is 30.0. The van der Waals surface area contributed by atoms with E-state index in [4.69, 9.17) is 0 Å². The van der Waals surface area contributed by atoms with Gasteiger partial charge in [-0.05, 0) is 46.0 Å². The predicted molar refractivity (Wildman–Crippen MR) is 219 cm³/mol. The molecule has 3 nitrogen and oxygen atoms in total. The molecule has 3 aliphatic rings. The molecule has 0 bridgehead atoms. The Bertz CT molecular complexity index is 2710. The third-order valence-corrected chi connectivity index (χ3v) is 14.7. The van der Waals surface area contributed by atoms with Crippen LogP contribution in [0.5, 0.6) is 0 Å². The maximum atomic E-state index is 4.06. The fraction of sp³-hybridized carbons (Fsp3) is 0.111. The molecule has 0 amide bonds. The summed E-state index contributed by atoms with van der Waals surface area (Å²) in [6.45, 7) is 0. The predicted octanol–water partition coefficient (Wildman–Crippen LogP) is 11.6. The highest BCUT2D eigenvalue weighted by atomic mass is 32.2. The van der Waals surface area contributed by atoms with Gasteiger partial charge in [-0.3, -0.25) is 16.0 Å². The number of hydrogen-bond acceptors (Lipinski definition) is 6. The van der Waals surface area contributed by atoms with E-state index in [1.807, 2.05) is 34.4 Å². The minimum absolute atomic E-state index is 0.0143. The van der Waals surface area contributed by atoms with Crippen molar-refractivity contribution >= 4 is 74.8 Å². The topological polar surface area (TPSA) is 36.1 Å². The van der Waals surface area contributed by atoms with Gasteiger partial charge in [0.1, 0.15) is 0 Å². The summed E-state index contributed by atoms with van der Waals surface area (Å²) in [6.07, 6.45) is 6.98. The van der Waals surface area contributed by atoms with E-state index >= 15 is 0 Å². The molecular formula is C45H33N3S3. The van der Waals surface area contributed by atoms with Crippen molar-refractivity contribution in [3.8, 4) is 11.1 Å². The lowest BCUT2D eigenvalue weighted by atomic mass is 9.85. The molecule has 1 saturated heterocycles. The van der Waals surface area contributed by atoms with Crippen molar-refractivity contribution in [2.24, 2.45) is 0 Å². The number of rotatable bonds is 4. The van der Waals surface area contributed by atoms with E-state index in [0.717, 1.165) is 0 Å². The van der Waals surface area contributed by atoms with Crippen molar-refractivity contribution < 1.29 is 0 Å². The van der Waals surface area contributed by atoms with Gasteiger partial charge < -0.3 is 0 Å². The SMILES string of the molecule is C1=CC2c3ccc(-c4cccc5c4sc4ccccc45)cc3SC2C(C2NC(c3ccccc3)NC(c3cccc4c3sc3ccccc34)N2)=C1. The van der Waals surface area contributed by atoms with Crippen LogP contribution in [0.15, 0.2) is 162 Å². The molecule has 6 aromatic carbocycles. The second kappa shape index (κ2) is 12.0.